The lowest BCUT2D eigenvalue weighted by Gasteiger charge is -2.20. The van der Waals surface area contributed by atoms with Gasteiger partial charge in [0.1, 0.15) is 5.75 Å². The fraction of sp³-hybridized carbons (Fsp3) is 0.136. The van der Waals surface area contributed by atoms with Crippen LogP contribution in [0.3, 0.4) is 0 Å². The molecule has 0 saturated heterocycles. The highest BCUT2D eigenvalue weighted by Crippen LogP contribution is 2.27. The number of anilines is 1. The number of nitro benzene ring substituents is 1. The van der Waals surface area contributed by atoms with Crippen LogP contribution in [-0.4, -0.2) is 17.8 Å². The Balaban J connectivity index is 1.84. The van der Waals surface area contributed by atoms with E-state index in [2.05, 4.69) is 21.2 Å². The van der Waals surface area contributed by atoms with Gasteiger partial charge in [-0.25, -0.2) is 0 Å². The summed E-state index contributed by atoms with van der Waals surface area (Å²) in [6, 6.07) is 20.5. The molecule has 0 bridgehead atoms. The zero-order chi connectivity index (χ0) is 20.8. The van der Waals surface area contributed by atoms with Crippen LogP contribution in [0.5, 0.6) is 5.75 Å². The number of methoxy groups -OCH3 is 1. The predicted molar refractivity (Wildman–Crippen MR) is 116 cm³/mol. The van der Waals surface area contributed by atoms with E-state index in [0.29, 0.717) is 11.3 Å². The standard InChI is InChI=1S/C22H19BrN2O4/c1-29-20-12-4-15(5-13-20)21(14-22(26)16-2-6-17(23)7-3-16)24-18-8-10-19(11-9-18)25(27)28/h2-13,21,24H,14H2,1H3/t21-/m1/s1. The van der Waals surface area contributed by atoms with E-state index in [-0.39, 0.29) is 23.9 Å². The molecule has 0 saturated carbocycles. The van der Waals surface area contributed by atoms with E-state index in [9.17, 15) is 14.9 Å². The molecule has 0 aliphatic carbocycles. The number of ketones is 1. The average molecular weight is 455 g/mol. The molecule has 0 radical (unpaired) electrons. The Morgan fingerprint density at radius 3 is 2.21 bits per heavy atom. The Bertz CT molecular complexity index is 987. The van der Waals surface area contributed by atoms with Crippen LogP contribution in [-0.2, 0) is 0 Å². The Kier molecular flexibility index (Phi) is 6.61. The van der Waals surface area contributed by atoms with Crippen molar-refractivity contribution in [3.63, 3.8) is 0 Å². The molecular formula is C22H19BrN2O4. The van der Waals surface area contributed by atoms with Crippen molar-refractivity contribution in [2.45, 2.75) is 12.5 Å². The average Bonchev–Trinajstić information content (AvgIpc) is 2.74. The molecule has 1 atom stereocenters. The number of carbonyl (C=O) groups is 1. The van der Waals surface area contributed by atoms with Crippen LogP contribution < -0.4 is 10.1 Å². The van der Waals surface area contributed by atoms with Crippen molar-refractivity contribution in [2.75, 3.05) is 12.4 Å². The topological polar surface area (TPSA) is 81.5 Å². The second kappa shape index (κ2) is 9.34. The van der Waals surface area contributed by atoms with Gasteiger partial charge in [-0.05, 0) is 42.0 Å². The summed E-state index contributed by atoms with van der Waals surface area (Å²) < 4.78 is 6.12. The second-order valence-electron chi connectivity index (χ2n) is 6.41. The van der Waals surface area contributed by atoms with Crippen LogP contribution in [0.2, 0.25) is 0 Å². The Morgan fingerprint density at radius 1 is 1.03 bits per heavy atom. The van der Waals surface area contributed by atoms with Crippen LogP contribution in [0.1, 0.15) is 28.4 Å². The van der Waals surface area contributed by atoms with Crippen molar-refractivity contribution in [3.8, 4) is 5.75 Å². The molecule has 6 nitrogen and oxygen atoms in total. The first-order chi connectivity index (χ1) is 14.0. The minimum atomic E-state index is -0.443. The highest BCUT2D eigenvalue weighted by atomic mass is 79.9. The van der Waals surface area contributed by atoms with E-state index in [4.69, 9.17) is 4.74 Å². The SMILES string of the molecule is COc1ccc([C@@H](CC(=O)c2ccc(Br)cc2)Nc2ccc([N+](=O)[O-])cc2)cc1. The van der Waals surface area contributed by atoms with Crippen molar-refractivity contribution in [1.29, 1.82) is 0 Å². The van der Waals surface area contributed by atoms with E-state index in [1.807, 2.05) is 36.4 Å². The molecular weight excluding hydrogens is 436 g/mol. The predicted octanol–water partition coefficient (Wildman–Crippen LogP) is 5.79. The third-order valence-electron chi connectivity index (χ3n) is 4.49. The summed E-state index contributed by atoms with van der Waals surface area (Å²) in [6.07, 6.45) is 0.227. The van der Waals surface area contributed by atoms with Gasteiger partial charge in [-0.1, -0.05) is 40.2 Å². The number of hydrogen-bond acceptors (Lipinski definition) is 5. The van der Waals surface area contributed by atoms with Crippen LogP contribution >= 0.6 is 15.9 Å². The Morgan fingerprint density at radius 2 is 1.66 bits per heavy atom. The quantitative estimate of drug-likeness (QED) is 0.264. The first kappa shape index (κ1) is 20.5. The van der Waals surface area contributed by atoms with Crippen molar-refractivity contribution in [3.05, 3.63) is 98.5 Å². The number of nitrogens with one attached hydrogen (secondary N) is 1. The zero-order valence-electron chi connectivity index (χ0n) is 15.7. The van der Waals surface area contributed by atoms with E-state index in [0.717, 1.165) is 15.8 Å². The first-order valence-electron chi connectivity index (χ1n) is 8.90. The molecule has 0 aromatic heterocycles. The molecule has 1 N–H and O–H groups in total. The number of Topliss-reactive ketones (excluding diaryl/α,β-unsaturated/α-hetero) is 1. The maximum absolute atomic E-state index is 12.8. The minimum Gasteiger partial charge on any atom is -0.497 e. The molecule has 0 spiro atoms. The molecule has 0 aliphatic rings. The zero-order valence-corrected chi connectivity index (χ0v) is 17.3. The molecule has 0 aliphatic heterocycles. The van der Waals surface area contributed by atoms with Gasteiger partial charge in [0.05, 0.1) is 18.1 Å². The summed E-state index contributed by atoms with van der Waals surface area (Å²) >= 11 is 3.37. The van der Waals surface area contributed by atoms with Gasteiger partial charge >= 0.3 is 0 Å². The third kappa shape index (κ3) is 5.42. The fourth-order valence-electron chi connectivity index (χ4n) is 2.91. The van der Waals surface area contributed by atoms with Crippen LogP contribution in [0, 0.1) is 10.1 Å². The van der Waals surface area contributed by atoms with Gasteiger partial charge in [0.15, 0.2) is 5.78 Å². The normalized spacial score (nSPS) is 11.5. The highest BCUT2D eigenvalue weighted by Gasteiger charge is 2.18. The van der Waals surface area contributed by atoms with E-state index in [1.54, 1.807) is 31.4 Å². The maximum atomic E-state index is 12.8. The molecule has 3 rings (SSSR count). The number of nitro groups is 1. The van der Waals surface area contributed by atoms with E-state index in [1.165, 1.54) is 12.1 Å². The minimum absolute atomic E-state index is 0.00673. The molecule has 0 heterocycles. The summed E-state index contributed by atoms with van der Waals surface area (Å²) in [5.74, 6) is 0.717. The number of ether oxygens (including phenoxy) is 1. The number of carbonyl (C=O) groups excluding carboxylic acids is 1. The molecule has 3 aromatic carbocycles. The molecule has 7 heteroatoms. The first-order valence-corrected chi connectivity index (χ1v) is 9.69. The summed E-state index contributed by atoms with van der Waals surface area (Å²) in [5.41, 5.74) is 2.24. The maximum Gasteiger partial charge on any atom is 0.269 e. The monoisotopic (exact) mass is 454 g/mol. The Labute approximate surface area is 176 Å². The fourth-order valence-corrected chi connectivity index (χ4v) is 3.17. The number of benzene rings is 3. The van der Waals surface area contributed by atoms with Gasteiger partial charge in [0.25, 0.3) is 5.69 Å². The second-order valence-corrected chi connectivity index (χ2v) is 7.32. The molecule has 0 amide bonds. The lowest BCUT2D eigenvalue weighted by atomic mass is 9.97. The summed E-state index contributed by atoms with van der Waals surface area (Å²) in [5, 5.41) is 14.2. The van der Waals surface area contributed by atoms with Gasteiger partial charge in [-0.3, -0.25) is 14.9 Å². The molecule has 0 unspecified atom stereocenters. The van der Waals surface area contributed by atoms with E-state index < -0.39 is 4.92 Å². The molecule has 3 aromatic rings. The van der Waals surface area contributed by atoms with Crippen molar-refractivity contribution >= 4 is 33.1 Å². The smallest absolute Gasteiger partial charge is 0.269 e. The highest BCUT2D eigenvalue weighted by molar-refractivity contribution is 9.10. The van der Waals surface area contributed by atoms with Gasteiger partial charge in [-0.2, -0.15) is 0 Å². The van der Waals surface area contributed by atoms with Crippen LogP contribution in [0.4, 0.5) is 11.4 Å². The largest absolute Gasteiger partial charge is 0.497 e. The third-order valence-corrected chi connectivity index (χ3v) is 5.02. The van der Waals surface area contributed by atoms with Gasteiger partial charge < -0.3 is 10.1 Å². The van der Waals surface area contributed by atoms with Crippen molar-refractivity contribution < 1.29 is 14.5 Å². The van der Waals surface area contributed by atoms with E-state index >= 15 is 0 Å². The van der Waals surface area contributed by atoms with Crippen molar-refractivity contribution in [1.82, 2.24) is 0 Å². The number of rotatable bonds is 8. The summed E-state index contributed by atoms with van der Waals surface area (Å²) in [7, 11) is 1.60. The molecule has 0 fully saturated rings. The summed E-state index contributed by atoms with van der Waals surface area (Å²) in [4.78, 5) is 23.3. The lowest BCUT2D eigenvalue weighted by Crippen LogP contribution is -2.16. The van der Waals surface area contributed by atoms with Crippen molar-refractivity contribution in [2.24, 2.45) is 0 Å². The number of halogens is 1. The van der Waals surface area contributed by atoms with Crippen LogP contribution in [0.25, 0.3) is 0 Å². The summed E-state index contributed by atoms with van der Waals surface area (Å²) in [6.45, 7) is 0. The molecule has 148 valence electrons. The van der Waals surface area contributed by atoms with Gasteiger partial charge in [0.2, 0.25) is 0 Å². The van der Waals surface area contributed by atoms with Crippen LogP contribution in [0.15, 0.2) is 77.3 Å². The van der Waals surface area contributed by atoms with Gasteiger partial charge in [0, 0.05) is 34.3 Å². The Hall–Kier alpha value is -3.19. The number of nitrogens with zero attached hydrogens (tertiary/aromatic N) is 1. The number of non-ortho nitro benzene ring substituents is 1. The molecule has 29 heavy (non-hydrogen) atoms. The van der Waals surface area contributed by atoms with Gasteiger partial charge in [-0.15, -0.1) is 0 Å². The lowest BCUT2D eigenvalue weighted by molar-refractivity contribution is -0.384. The number of hydrogen-bond donors (Lipinski definition) is 1.